The normalized spacial score (nSPS) is 10.7. The van der Waals surface area contributed by atoms with E-state index in [1.54, 1.807) is 6.07 Å². The third-order valence-corrected chi connectivity index (χ3v) is 2.99. The Morgan fingerprint density at radius 3 is 2.67 bits per heavy atom. The summed E-state index contributed by atoms with van der Waals surface area (Å²) in [4.78, 5) is 11.6. The van der Waals surface area contributed by atoms with Crippen LogP contribution in [0.3, 0.4) is 0 Å². The number of hydrogen-bond acceptors (Lipinski definition) is 2. The average Bonchev–Trinajstić information content (AvgIpc) is 2.20. The highest BCUT2D eigenvalue weighted by Gasteiger charge is 2.16. The molecule has 0 aliphatic heterocycles. The van der Waals surface area contributed by atoms with E-state index in [1.165, 1.54) is 12.1 Å². The summed E-state index contributed by atoms with van der Waals surface area (Å²) in [6.07, 6.45) is -2.58. The fraction of sp³-hybridized carbons (Fsp3) is 0.300. The van der Waals surface area contributed by atoms with Crippen molar-refractivity contribution >= 4 is 34.3 Å². The molecule has 0 aliphatic carbocycles. The minimum Gasteiger partial charge on any atom is -0.298 e. The first kappa shape index (κ1) is 12.6. The van der Waals surface area contributed by atoms with Crippen molar-refractivity contribution in [3.8, 4) is 0 Å². The minimum absolute atomic E-state index is 0.00933. The van der Waals surface area contributed by atoms with Gasteiger partial charge in [-0.15, -0.1) is 12.6 Å². The molecule has 1 aromatic carbocycles. The molecule has 5 heteroatoms. The van der Waals surface area contributed by atoms with Crippen molar-refractivity contribution in [1.82, 2.24) is 0 Å². The van der Waals surface area contributed by atoms with Crippen LogP contribution in [0.4, 0.5) is 8.78 Å². The van der Waals surface area contributed by atoms with E-state index in [9.17, 15) is 13.6 Å². The molecule has 0 saturated carbocycles. The Balaban J connectivity index is 3.07. The minimum atomic E-state index is -2.57. The lowest BCUT2D eigenvalue weighted by atomic mass is 10.0. The van der Waals surface area contributed by atoms with Crippen LogP contribution in [-0.2, 0) is 11.2 Å². The molecule has 0 N–H and O–H groups in total. The second-order valence-corrected chi connectivity index (χ2v) is 4.04. The van der Waals surface area contributed by atoms with E-state index in [1.807, 2.05) is 0 Å². The van der Waals surface area contributed by atoms with Gasteiger partial charge in [-0.2, -0.15) is 0 Å². The maximum absolute atomic E-state index is 12.6. The molecule has 0 atom stereocenters. The summed E-state index contributed by atoms with van der Waals surface area (Å²) < 4.78 is 25.2. The van der Waals surface area contributed by atoms with Crippen molar-refractivity contribution in [2.24, 2.45) is 0 Å². The van der Waals surface area contributed by atoms with Crippen LogP contribution in [0.1, 0.15) is 17.6 Å². The van der Waals surface area contributed by atoms with Crippen LogP contribution >= 0.6 is 28.6 Å². The predicted molar refractivity (Wildman–Crippen MR) is 61.2 cm³/mol. The van der Waals surface area contributed by atoms with Gasteiger partial charge in [0.15, 0.2) is 0 Å². The SMILES string of the molecule is O=C(CBr)Cc1c(S)cccc1C(F)F. The third kappa shape index (κ3) is 3.28. The molecule has 1 nitrogen and oxygen atoms in total. The van der Waals surface area contributed by atoms with Gasteiger partial charge in [-0.3, -0.25) is 4.79 Å². The fourth-order valence-corrected chi connectivity index (χ4v) is 1.73. The van der Waals surface area contributed by atoms with Crippen molar-refractivity contribution < 1.29 is 13.6 Å². The predicted octanol–water partition coefficient (Wildman–Crippen LogP) is 3.42. The number of carbonyl (C=O) groups is 1. The van der Waals surface area contributed by atoms with Gasteiger partial charge in [0.2, 0.25) is 0 Å². The number of thiol groups is 1. The zero-order chi connectivity index (χ0) is 11.4. The number of carbonyl (C=O) groups excluding carboxylic acids is 1. The van der Waals surface area contributed by atoms with Crippen LogP contribution in [0.25, 0.3) is 0 Å². The lowest BCUT2D eigenvalue weighted by Crippen LogP contribution is -2.07. The summed E-state index contributed by atoms with van der Waals surface area (Å²) in [5, 5.41) is 0.164. The summed E-state index contributed by atoms with van der Waals surface area (Å²) in [5.41, 5.74) is 0.206. The monoisotopic (exact) mass is 294 g/mol. The second-order valence-electron chi connectivity index (χ2n) is 2.99. The van der Waals surface area contributed by atoms with E-state index >= 15 is 0 Å². The zero-order valence-corrected chi connectivity index (χ0v) is 10.2. The van der Waals surface area contributed by atoms with Gasteiger partial charge in [0.25, 0.3) is 6.43 Å². The van der Waals surface area contributed by atoms with Gasteiger partial charge < -0.3 is 0 Å². The van der Waals surface area contributed by atoms with Gasteiger partial charge in [-0.05, 0) is 11.6 Å². The van der Waals surface area contributed by atoms with Crippen molar-refractivity contribution in [3.05, 3.63) is 29.3 Å². The molecule has 0 fully saturated rings. The summed E-state index contributed by atoms with van der Waals surface area (Å²) in [6.45, 7) is 0. The molecule has 0 amide bonds. The Morgan fingerprint density at radius 1 is 1.47 bits per heavy atom. The molecule has 0 aliphatic rings. The maximum Gasteiger partial charge on any atom is 0.264 e. The molecule has 0 bridgehead atoms. The van der Waals surface area contributed by atoms with Gasteiger partial charge in [0, 0.05) is 16.9 Å². The number of benzene rings is 1. The molecule has 0 unspecified atom stereocenters. The molecule has 0 radical (unpaired) electrons. The van der Waals surface area contributed by atoms with Crippen molar-refractivity contribution in [1.29, 1.82) is 0 Å². The molecule has 15 heavy (non-hydrogen) atoms. The van der Waals surface area contributed by atoms with E-state index in [2.05, 4.69) is 28.6 Å². The highest BCUT2D eigenvalue weighted by Crippen LogP contribution is 2.27. The molecule has 0 saturated heterocycles. The second kappa shape index (κ2) is 5.61. The lowest BCUT2D eigenvalue weighted by Gasteiger charge is -2.09. The largest absolute Gasteiger partial charge is 0.298 e. The Labute approximate surface area is 100 Å². The molecule has 82 valence electrons. The van der Waals surface area contributed by atoms with Crippen LogP contribution < -0.4 is 0 Å². The highest BCUT2D eigenvalue weighted by molar-refractivity contribution is 9.09. The molecule has 1 aromatic rings. The topological polar surface area (TPSA) is 17.1 Å². The number of ketones is 1. The summed E-state index contributed by atoms with van der Waals surface area (Å²) in [7, 11) is 0. The summed E-state index contributed by atoms with van der Waals surface area (Å²) in [6, 6.07) is 4.43. The van der Waals surface area contributed by atoms with Gasteiger partial charge in [0.1, 0.15) is 5.78 Å². The zero-order valence-electron chi connectivity index (χ0n) is 7.71. The van der Waals surface area contributed by atoms with Crippen LogP contribution in [-0.4, -0.2) is 11.1 Å². The Hall–Kier alpha value is -0.420. The standard InChI is InChI=1S/C10H9BrF2OS/c11-5-6(14)4-8-7(10(12)13)2-1-3-9(8)15/h1-3,10,15H,4-5H2. The first-order valence-electron chi connectivity index (χ1n) is 4.22. The number of rotatable bonds is 4. The number of hydrogen-bond donors (Lipinski definition) is 1. The Morgan fingerprint density at radius 2 is 2.13 bits per heavy atom. The quantitative estimate of drug-likeness (QED) is 0.665. The Kier molecular flexibility index (Phi) is 4.73. The fourth-order valence-electron chi connectivity index (χ4n) is 1.23. The molecular formula is C10H9BrF2OS. The average molecular weight is 295 g/mol. The molecule has 0 aromatic heterocycles. The lowest BCUT2D eigenvalue weighted by molar-refractivity contribution is -0.115. The van der Waals surface area contributed by atoms with E-state index in [-0.39, 0.29) is 23.1 Å². The number of Topliss-reactive ketones (excluding diaryl/α,β-unsaturated/α-hetero) is 1. The van der Waals surface area contributed by atoms with Crippen LogP contribution in [0.5, 0.6) is 0 Å². The molecule has 0 heterocycles. The van der Waals surface area contributed by atoms with Gasteiger partial charge in [-0.1, -0.05) is 28.1 Å². The van der Waals surface area contributed by atoms with Crippen molar-refractivity contribution in [3.63, 3.8) is 0 Å². The maximum atomic E-state index is 12.6. The van der Waals surface area contributed by atoms with Crippen LogP contribution in [0, 0.1) is 0 Å². The van der Waals surface area contributed by atoms with E-state index < -0.39 is 6.43 Å². The number of halogens is 3. The summed E-state index contributed by atoms with van der Waals surface area (Å²) >= 11 is 7.07. The van der Waals surface area contributed by atoms with E-state index in [0.29, 0.717) is 10.5 Å². The van der Waals surface area contributed by atoms with Crippen molar-refractivity contribution in [2.75, 3.05) is 5.33 Å². The Bertz CT molecular complexity index is 368. The summed E-state index contributed by atoms with van der Waals surface area (Å²) in [5.74, 6) is -0.140. The third-order valence-electron chi connectivity index (χ3n) is 1.95. The molecular weight excluding hydrogens is 286 g/mol. The molecule has 0 spiro atoms. The number of alkyl halides is 3. The van der Waals surface area contributed by atoms with E-state index in [4.69, 9.17) is 0 Å². The molecule has 1 rings (SSSR count). The van der Waals surface area contributed by atoms with Gasteiger partial charge in [0.05, 0.1) is 5.33 Å². The van der Waals surface area contributed by atoms with E-state index in [0.717, 1.165) is 0 Å². The van der Waals surface area contributed by atoms with Gasteiger partial charge >= 0.3 is 0 Å². The van der Waals surface area contributed by atoms with Crippen LogP contribution in [0.15, 0.2) is 23.1 Å². The highest BCUT2D eigenvalue weighted by atomic mass is 79.9. The first-order chi connectivity index (χ1) is 7.06. The van der Waals surface area contributed by atoms with Crippen molar-refractivity contribution in [2.45, 2.75) is 17.7 Å². The van der Waals surface area contributed by atoms with Crippen LogP contribution in [0.2, 0.25) is 0 Å². The first-order valence-corrected chi connectivity index (χ1v) is 5.79. The van der Waals surface area contributed by atoms with Gasteiger partial charge in [-0.25, -0.2) is 8.78 Å². The smallest absolute Gasteiger partial charge is 0.264 e.